The van der Waals surface area contributed by atoms with Crippen molar-refractivity contribution in [2.45, 2.75) is 6.54 Å². The third-order valence-corrected chi connectivity index (χ3v) is 3.59. The first-order valence-corrected chi connectivity index (χ1v) is 7.09. The molecule has 0 amide bonds. The van der Waals surface area contributed by atoms with Crippen molar-refractivity contribution in [3.63, 3.8) is 0 Å². The van der Waals surface area contributed by atoms with Crippen LogP contribution in [0.25, 0.3) is 0 Å². The maximum Gasteiger partial charge on any atom is 0.170 e. The van der Waals surface area contributed by atoms with E-state index in [1.54, 1.807) is 36.4 Å². The minimum Gasteiger partial charge on any atom is -0.409 e. The number of anilines is 1. The van der Waals surface area contributed by atoms with Gasteiger partial charge in [0, 0.05) is 32.9 Å². The molecule has 0 spiro atoms. The van der Waals surface area contributed by atoms with E-state index < -0.39 is 0 Å². The Kier molecular flexibility index (Phi) is 5.17. The Morgan fingerprint density at radius 3 is 2.33 bits per heavy atom. The van der Waals surface area contributed by atoms with Crippen molar-refractivity contribution < 1.29 is 5.21 Å². The fraction of sp³-hybridized carbons (Fsp3) is 0.0714. The van der Waals surface area contributed by atoms with Crippen molar-refractivity contribution in [1.82, 2.24) is 0 Å². The number of nitrogens with two attached hydrogens (primary N) is 1. The van der Waals surface area contributed by atoms with Crippen LogP contribution in [0.5, 0.6) is 0 Å². The van der Waals surface area contributed by atoms with Crippen molar-refractivity contribution in [2.24, 2.45) is 10.9 Å². The lowest BCUT2D eigenvalue weighted by atomic mass is 10.1. The van der Waals surface area contributed by atoms with Crippen LogP contribution >= 0.6 is 34.8 Å². The molecule has 0 bridgehead atoms. The van der Waals surface area contributed by atoms with Crippen LogP contribution in [0.3, 0.4) is 0 Å². The molecule has 0 saturated heterocycles. The van der Waals surface area contributed by atoms with Crippen LogP contribution < -0.4 is 11.1 Å². The van der Waals surface area contributed by atoms with E-state index in [-0.39, 0.29) is 5.84 Å². The van der Waals surface area contributed by atoms with Gasteiger partial charge in [-0.05, 0) is 29.8 Å². The lowest BCUT2D eigenvalue weighted by Crippen LogP contribution is -2.13. The summed E-state index contributed by atoms with van der Waals surface area (Å²) in [5.41, 5.74) is 7.72. The third kappa shape index (κ3) is 4.17. The molecule has 110 valence electrons. The Labute approximate surface area is 137 Å². The van der Waals surface area contributed by atoms with Gasteiger partial charge in [-0.3, -0.25) is 0 Å². The number of hydrogen-bond donors (Lipinski definition) is 3. The molecule has 4 nitrogen and oxygen atoms in total. The average Bonchev–Trinajstić information content (AvgIpc) is 2.44. The van der Waals surface area contributed by atoms with Gasteiger partial charge in [0.2, 0.25) is 0 Å². The second-order valence-corrected chi connectivity index (χ2v) is 5.58. The van der Waals surface area contributed by atoms with Crippen molar-refractivity contribution in [3.8, 4) is 0 Å². The van der Waals surface area contributed by atoms with E-state index >= 15 is 0 Å². The van der Waals surface area contributed by atoms with Gasteiger partial charge in [-0.2, -0.15) is 0 Å². The van der Waals surface area contributed by atoms with Crippen LogP contribution in [0.4, 0.5) is 5.69 Å². The van der Waals surface area contributed by atoms with E-state index in [9.17, 15) is 0 Å². The van der Waals surface area contributed by atoms with Gasteiger partial charge >= 0.3 is 0 Å². The van der Waals surface area contributed by atoms with Gasteiger partial charge in [0.15, 0.2) is 5.84 Å². The Balaban J connectivity index is 2.13. The normalized spacial score (nSPS) is 11.5. The van der Waals surface area contributed by atoms with Crippen LogP contribution in [0.15, 0.2) is 41.6 Å². The van der Waals surface area contributed by atoms with E-state index in [0.717, 1.165) is 11.3 Å². The summed E-state index contributed by atoms with van der Waals surface area (Å²) in [5, 5.41) is 16.4. The quantitative estimate of drug-likeness (QED) is 0.334. The largest absolute Gasteiger partial charge is 0.409 e. The van der Waals surface area contributed by atoms with E-state index in [0.29, 0.717) is 27.2 Å². The van der Waals surface area contributed by atoms with Gasteiger partial charge in [0.05, 0.1) is 0 Å². The Morgan fingerprint density at radius 2 is 1.76 bits per heavy atom. The molecule has 0 aliphatic rings. The minimum absolute atomic E-state index is 0.0121. The number of nitrogens with zero attached hydrogens (tertiary/aromatic N) is 1. The Hall–Kier alpha value is -1.62. The molecule has 0 atom stereocenters. The first kappa shape index (κ1) is 15.8. The van der Waals surface area contributed by atoms with Crippen LogP contribution in [0.2, 0.25) is 15.1 Å². The average molecular weight is 345 g/mol. The highest BCUT2D eigenvalue weighted by atomic mass is 35.5. The molecule has 7 heteroatoms. The highest BCUT2D eigenvalue weighted by Crippen LogP contribution is 2.24. The number of rotatable bonds is 4. The van der Waals surface area contributed by atoms with Crippen molar-refractivity contribution >= 4 is 46.3 Å². The molecule has 2 rings (SSSR count). The number of amidine groups is 1. The van der Waals surface area contributed by atoms with E-state index in [1.807, 2.05) is 0 Å². The monoisotopic (exact) mass is 343 g/mol. The SMILES string of the molecule is N/C(=N/O)c1ccc(CNc2cc(Cl)cc(Cl)c2)c(Cl)c1. The Bertz CT molecular complexity index is 669. The van der Waals surface area contributed by atoms with Gasteiger partial charge in [0.25, 0.3) is 0 Å². The summed E-state index contributed by atoms with van der Waals surface area (Å²) in [5.74, 6) is 0.0121. The van der Waals surface area contributed by atoms with Crippen LogP contribution in [0, 0.1) is 0 Å². The molecule has 0 saturated carbocycles. The first-order valence-electron chi connectivity index (χ1n) is 5.96. The van der Waals surface area contributed by atoms with Gasteiger partial charge in [-0.25, -0.2) is 0 Å². The predicted octanol–water partition coefficient (Wildman–Crippen LogP) is 4.35. The van der Waals surface area contributed by atoms with E-state index in [4.69, 9.17) is 45.7 Å². The van der Waals surface area contributed by atoms with Crippen molar-refractivity contribution in [3.05, 3.63) is 62.6 Å². The number of oxime groups is 1. The molecule has 0 aliphatic carbocycles. The van der Waals surface area contributed by atoms with Gasteiger partial charge in [-0.1, -0.05) is 52.1 Å². The molecule has 0 radical (unpaired) electrons. The standard InChI is InChI=1S/C14H12Cl3N3O/c15-10-4-11(16)6-12(5-10)19-7-9-2-1-8(3-13(9)17)14(18)20-21/h1-6,19,21H,7H2,(H2,18,20). The molecule has 0 fully saturated rings. The minimum atomic E-state index is 0.0121. The molecule has 2 aromatic carbocycles. The van der Waals surface area contributed by atoms with E-state index in [2.05, 4.69) is 10.5 Å². The smallest absolute Gasteiger partial charge is 0.170 e. The van der Waals surface area contributed by atoms with Crippen molar-refractivity contribution in [2.75, 3.05) is 5.32 Å². The maximum absolute atomic E-state index is 8.63. The molecule has 0 aromatic heterocycles. The first-order chi connectivity index (χ1) is 9.99. The van der Waals surface area contributed by atoms with Crippen molar-refractivity contribution in [1.29, 1.82) is 0 Å². The second-order valence-electron chi connectivity index (χ2n) is 4.30. The fourth-order valence-electron chi connectivity index (χ4n) is 1.76. The summed E-state index contributed by atoms with van der Waals surface area (Å²) in [7, 11) is 0. The highest BCUT2D eigenvalue weighted by Gasteiger charge is 2.06. The summed E-state index contributed by atoms with van der Waals surface area (Å²) in [4.78, 5) is 0. The second kappa shape index (κ2) is 6.89. The molecular weight excluding hydrogens is 333 g/mol. The summed E-state index contributed by atoms with van der Waals surface area (Å²) in [6.07, 6.45) is 0. The van der Waals surface area contributed by atoms with Crippen LogP contribution in [-0.4, -0.2) is 11.0 Å². The highest BCUT2D eigenvalue weighted by molar-refractivity contribution is 6.35. The third-order valence-electron chi connectivity index (χ3n) is 2.80. The maximum atomic E-state index is 8.63. The number of hydrogen-bond acceptors (Lipinski definition) is 3. The van der Waals surface area contributed by atoms with Gasteiger partial charge in [0.1, 0.15) is 0 Å². The molecule has 4 N–H and O–H groups in total. The zero-order chi connectivity index (χ0) is 15.4. The zero-order valence-corrected chi connectivity index (χ0v) is 13.0. The van der Waals surface area contributed by atoms with Crippen LogP contribution in [-0.2, 0) is 6.54 Å². The zero-order valence-electron chi connectivity index (χ0n) is 10.8. The fourth-order valence-corrected chi connectivity index (χ4v) is 2.53. The van der Waals surface area contributed by atoms with Crippen LogP contribution in [0.1, 0.15) is 11.1 Å². The predicted molar refractivity (Wildman–Crippen MR) is 87.8 cm³/mol. The lowest BCUT2D eigenvalue weighted by molar-refractivity contribution is 0.318. The molecule has 2 aromatic rings. The summed E-state index contributed by atoms with van der Waals surface area (Å²) in [6.45, 7) is 0.492. The molecular formula is C14H12Cl3N3O. The summed E-state index contributed by atoms with van der Waals surface area (Å²) < 4.78 is 0. The van der Waals surface area contributed by atoms with E-state index in [1.165, 1.54) is 0 Å². The summed E-state index contributed by atoms with van der Waals surface area (Å²) >= 11 is 18.0. The lowest BCUT2D eigenvalue weighted by Gasteiger charge is -2.10. The number of benzene rings is 2. The molecule has 21 heavy (non-hydrogen) atoms. The molecule has 0 heterocycles. The molecule has 0 aliphatic heterocycles. The van der Waals surface area contributed by atoms with Gasteiger partial charge < -0.3 is 16.3 Å². The number of halogens is 3. The summed E-state index contributed by atoms with van der Waals surface area (Å²) in [6, 6.07) is 10.4. The topological polar surface area (TPSA) is 70.6 Å². The molecule has 0 unspecified atom stereocenters. The number of nitrogens with one attached hydrogen (secondary N) is 1. The Morgan fingerprint density at radius 1 is 1.10 bits per heavy atom. The van der Waals surface area contributed by atoms with Gasteiger partial charge in [-0.15, -0.1) is 0 Å².